The fraction of sp³-hybridized carbons (Fsp3) is 0.741. The average molecular weight is 1010 g/mol. The van der Waals surface area contributed by atoms with Crippen LogP contribution in [0.15, 0.2) is 58.7 Å². The summed E-state index contributed by atoms with van der Waals surface area (Å²) in [5, 5.41) is 20.0. The van der Waals surface area contributed by atoms with Gasteiger partial charge in [-0.3, -0.25) is 24.1 Å². The van der Waals surface area contributed by atoms with Crippen molar-refractivity contribution in [2.75, 3.05) is 18.9 Å². The molecule has 12 aliphatic rings. The van der Waals surface area contributed by atoms with Gasteiger partial charge in [0.15, 0.2) is 5.60 Å². The van der Waals surface area contributed by atoms with Gasteiger partial charge in [-0.25, -0.2) is 4.79 Å². The summed E-state index contributed by atoms with van der Waals surface area (Å²) < 4.78 is 32.0. The van der Waals surface area contributed by atoms with Gasteiger partial charge in [0.05, 0.1) is 35.4 Å². The minimum Gasteiger partial charge on any atom is -0.458 e. The van der Waals surface area contributed by atoms with E-state index < -0.39 is 34.8 Å². The Hall–Kier alpha value is -3.56. The second kappa shape index (κ2) is 17.5. The molecule has 2 amide bonds. The van der Waals surface area contributed by atoms with E-state index in [1.807, 2.05) is 0 Å². The minimum atomic E-state index is -0.738. The predicted octanol–water partition coefficient (Wildman–Crippen LogP) is 7.82. The number of fused-ring (bicyclic) bond motifs is 5. The fourth-order valence-corrected chi connectivity index (χ4v) is 18.2. The summed E-state index contributed by atoms with van der Waals surface area (Å²) in [5.74, 6) is 0.531. The SMILES string of the molecule is C=C1/C(=C\C=C2/CCC[C@@]3(C)C2CCC3[C@@H](C)/C=C/C(OC(=O)CSC2CC(=O)N(CCCC(=O)O[C@@H]3[C@@]4(C(C)C)C[C@H]4[C@@H]4O[C@]45[C@]34O[C@H]4C[C@H]3C4=C(CC[C@@]35C)C(=O)OC4)C2=O)C2CC2)C[C@@H](O)C[C@@H]1O. The molecule has 4 unspecified atom stereocenters. The standard InChI is InChI=1S/C58H75NO12S/c1-30(2)56-27-42(56)50-58(71-50)55(6)21-19-37-38(28-67-52(37)66)41(55)25-46-57(58,70-46)53(56)69-48(63)10-8-22-59-47(62)26-45(51(59)65)72-29-49(64)68-44(34-13-14-34)18-11-31(3)39-16-17-40-33(9-7-20-54(39,40)5)12-15-35-23-36(60)24-43(61)32(35)4/h11-12,15,18,30-31,34,36,39-46,50,53,60-61H,4,7-10,13-14,16-17,19-29H2,1-3,5-6H3/b18-11+,33-12+,35-15-/t31-,36+,39?,40?,41-,42-,43-,44?,45?,46-,50-,53+,54+,55-,56+,57+,58+/m0/s1. The maximum absolute atomic E-state index is 13.9. The highest BCUT2D eigenvalue weighted by Crippen LogP contribution is 2.87. The summed E-state index contributed by atoms with van der Waals surface area (Å²) in [6, 6.07) is 0. The van der Waals surface area contributed by atoms with Crippen LogP contribution in [0, 0.1) is 57.7 Å². The normalized spacial score (nSPS) is 45.2. The molecule has 390 valence electrons. The zero-order chi connectivity index (χ0) is 50.4. The number of aliphatic hydroxyl groups is 2. The number of cyclic esters (lactones) is 1. The zero-order valence-electron chi connectivity index (χ0n) is 42.9. The molecule has 7 saturated carbocycles. The molecule has 0 aromatic carbocycles. The van der Waals surface area contributed by atoms with E-state index in [1.165, 1.54) is 16.9 Å². The van der Waals surface area contributed by atoms with Crippen LogP contribution in [0.4, 0.5) is 0 Å². The predicted molar refractivity (Wildman–Crippen MR) is 266 cm³/mol. The molecule has 17 atom stereocenters. The van der Waals surface area contributed by atoms with Gasteiger partial charge in [-0.2, -0.15) is 0 Å². The molecule has 10 fully saturated rings. The van der Waals surface area contributed by atoms with Crippen LogP contribution >= 0.6 is 11.8 Å². The van der Waals surface area contributed by atoms with Gasteiger partial charge in [0.25, 0.3) is 0 Å². The van der Waals surface area contributed by atoms with Gasteiger partial charge in [-0.1, -0.05) is 65.0 Å². The van der Waals surface area contributed by atoms with E-state index in [4.69, 9.17) is 23.7 Å². The van der Waals surface area contributed by atoms with E-state index in [-0.39, 0.29) is 120 Å². The molecule has 12 rings (SSSR count). The number of likely N-dealkylation sites (tertiary alicyclic amines) is 1. The highest BCUT2D eigenvalue weighted by molar-refractivity contribution is 8.01. The van der Waals surface area contributed by atoms with E-state index in [9.17, 15) is 34.2 Å². The van der Waals surface area contributed by atoms with Crippen LogP contribution in [-0.4, -0.2) is 117 Å². The third-order valence-corrected chi connectivity index (χ3v) is 22.5. The van der Waals surface area contributed by atoms with Crippen molar-refractivity contribution in [2.45, 2.75) is 190 Å². The summed E-state index contributed by atoms with van der Waals surface area (Å²) >= 11 is 1.16. The number of carbonyl (C=O) groups excluding carboxylic acids is 5. The third kappa shape index (κ3) is 7.37. The average Bonchev–Trinajstić information content (AvgIpc) is 4.20. The number of imide groups is 1. The van der Waals surface area contributed by atoms with Crippen LogP contribution in [0.5, 0.6) is 0 Å². The maximum Gasteiger partial charge on any atom is 0.334 e. The van der Waals surface area contributed by atoms with E-state index in [0.717, 1.165) is 91.8 Å². The van der Waals surface area contributed by atoms with Crippen molar-refractivity contribution in [2.24, 2.45) is 57.7 Å². The van der Waals surface area contributed by atoms with Gasteiger partial charge >= 0.3 is 17.9 Å². The van der Waals surface area contributed by atoms with Crippen LogP contribution in [0.1, 0.15) is 137 Å². The number of rotatable bonds is 15. The van der Waals surface area contributed by atoms with Crippen molar-refractivity contribution >= 4 is 41.5 Å². The van der Waals surface area contributed by atoms with Crippen molar-refractivity contribution in [3.8, 4) is 0 Å². The van der Waals surface area contributed by atoms with Gasteiger partial charge in [-0.05, 0) is 153 Å². The quantitative estimate of drug-likeness (QED) is 0.0533. The number of carbonyl (C=O) groups is 5. The Bertz CT molecular complexity index is 2490. The first-order valence-electron chi connectivity index (χ1n) is 27.6. The second-order valence-corrected chi connectivity index (χ2v) is 26.3. The first kappa shape index (κ1) is 49.3. The number of aliphatic hydroxyl groups excluding tert-OH is 2. The molecule has 2 N–H and O–H groups in total. The van der Waals surface area contributed by atoms with Crippen LogP contribution < -0.4 is 0 Å². The van der Waals surface area contributed by atoms with Gasteiger partial charge in [0, 0.05) is 42.2 Å². The van der Waals surface area contributed by atoms with E-state index in [1.54, 1.807) is 0 Å². The van der Waals surface area contributed by atoms with Gasteiger partial charge in [-0.15, -0.1) is 11.8 Å². The molecule has 2 spiro atoms. The molecule has 0 aromatic heterocycles. The second-order valence-electron chi connectivity index (χ2n) is 25.1. The number of ether oxygens (including phenoxy) is 5. The molecule has 4 heterocycles. The summed E-state index contributed by atoms with van der Waals surface area (Å²) in [7, 11) is 0. The Kier molecular flexibility index (Phi) is 12.0. The molecule has 3 saturated heterocycles. The summed E-state index contributed by atoms with van der Waals surface area (Å²) in [6.45, 7) is 16.0. The summed E-state index contributed by atoms with van der Waals surface area (Å²) in [6.07, 6.45) is 18.4. The number of epoxide rings is 2. The lowest BCUT2D eigenvalue weighted by Crippen LogP contribution is -2.67. The van der Waals surface area contributed by atoms with E-state index in [2.05, 4.69) is 65.5 Å². The van der Waals surface area contributed by atoms with Crippen LogP contribution in [0.2, 0.25) is 0 Å². The number of nitrogens with zero attached hydrogens (tertiary/aromatic N) is 1. The van der Waals surface area contributed by atoms with Crippen molar-refractivity contribution in [1.29, 1.82) is 0 Å². The first-order valence-corrected chi connectivity index (χ1v) is 28.7. The third-order valence-electron chi connectivity index (χ3n) is 21.3. The zero-order valence-corrected chi connectivity index (χ0v) is 43.7. The maximum atomic E-state index is 13.9. The molecule has 14 heteroatoms. The molecule has 0 aromatic rings. The first-order chi connectivity index (χ1) is 34.4. The topological polar surface area (TPSA) is 182 Å². The van der Waals surface area contributed by atoms with Crippen molar-refractivity contribution < 1.29 is 57.9 Å². The largest absolute Gasteiger partial charge is 0.458 e. The molecule has 4 aliphatic heterocycles. The molecule has 8 aliphatic carbocycles. The Morgan fingerprint density at radius 1 is 0.958 bits per heavy atom. The fourth-order valence-electron chi connectivity index (χ4n) is 17.2. The monoisotopic (exact) mass is 1010 g/mol. The Labute approximate surface area is 428 Å². The number of esters is 3. The van der Waals surface area contributed by atoms with Crippen molar-refractivity contribution in [3.05, 3.63) is 58.7 Å². The van der Waals surface area contributed by atoms with Gasteiger partial charge in [0.2, 0.25) is 11.8 Å². The Balaban J connectivity index is 0.627. The number of hydrogen-bond acceptors (Lipinski definition) is 13. The lowest BCUT2D eigenvalue weighted by atomic mass is 9.46. The van der Waals surface area contributed by atoms with Crippen molar-refractivity contribution in [3.63, 3.8) is 0 Å². The smallest absolute Gasteiger partial charge is 0.334 e. The van der Waals surface area contributed by atoms with E-state index >= 15 is 0 Å². The molecular formula is C58H75NO12S. The number of thioether (sulfide) groups is 1. The summed E-state index contributed by atoms with van der Waals surface area (Å²) in [4.78, 5) is 68.0. The number of allylic oxidation sites excluding steroid dienone is 4. The van der Waals surface area contributed by atoms with E-state index in [0.29, 0.717) is 43.6 Å². The molecule has 72 heavy (non-hydrogen) atoms. The Morgan fingerprint density at radius 3 is 2.54 bits per heavy atom. The lowest BCUT2D eigenvalue weighted by Gasteiger charge is -2.54. The molecule has 0 radical (unpaired) electrons. The minimum absolute atomic E-state index is 0.00502. The lowest BCUT2D eigenvalue weighted by molar-refractivity contribution is -0.172. The Morgan fingerprint density at radius 2 is 1.76 bits per heavy atom. The molecule has 0 bridgehead atoms. The summed E-state index contributed by atoms with van der Waals surface area (Å²) in [5.41, 5.74) is 3.33. The van der Waals surface area contributed by atoms with Crippen molar-refractivity contribution in [1.82, 2.24) is 4.90 Å². The van der Waals surface area contributed by atoms with Crippen LogP contribution in [-0.2, 0) is 47.7 Å². The number of hydrogen-bond donors (Lipinski definition) is 2. The van der Waals surface area contributed by atoms with Crippen LogP contribution in [0.25, 0.3) is 0 Å². The highest BCUT2D eigenvalue weighted by Gasteiger charge is 3.00. The van der Waals surface area contributed by atoms with Crippen LogP contribution in [0.3, 0.4) is 0 Å². The van der Waals surface area contributed by atoms with Gasteiger partial charge < -0.3 is 33.9 Å². The number of amides is 2. The van der Waals surface area contributed by atoms with Gasteiger partial charge in [0.1, 0.15) is 24.4 Å². The molecular weight excluding hydrogens is 935 g/mol. The highest BCUT2D eigenvalue weighted by atomic mass is 32.2. The molecule has 13 nitrogen and oxygen atoms in total.